The van der Waals surface area contributed by atoms with E-state index in [1.165, 1.54) is 11.9 Å². The van der Waals surface area contributed by atoms with E-state index in [0.717, 1.165) is 17.0 Å². The van der Waals surface area contributed by atoms with E-state index in [-0.39, 0.29) is 42.8 Å². The highest BCUT2D eigenvalue weighted by Gasteiger charge is 2.70. The van der Waals surface area contributed by atoms with Crippen molar-refractivity contribution in [3.8, 4) is 0 Å². The molecule has 3 rings (SSSR count). The number of fused-ring (bicyclic) bond motifs is 1. The highest BCUT2D eigenvalue weighted by atomic mass is 32.2. The van der Waals surface area contributed by atoms with Gasteiger partial charge in [0.05, 0.1) is 6.26 Å². The first kappa shape index (κ1) is 42.3. The topological polar surface area (TPSA) is 177 Å². The Balaban J connectivity index is 1.76. The van der Waals surface area contributed by atoms with Gasteiger partial charge in [-0.3, -0.25) is 19.2 Å². The Labute approximate surface area is 301 Å². The van der Waals surface area contributed by atoms with E-state index < -0.39 is 81.6 Å². The van der Waals surface area contributed by atoms with Crippen LogP contribution in [0.3, 0.4) is 0 Å². The molecule has 2 aliphatic heterocycles. The van der Waals surface area contributed by atoms with Crippen LogP contribution < -0.4 is 21.3 Å². The maximum Gasteiger partial charge on any atom is 0.315 e. The lowest BCUT2D eigenvalue weighted by Gasteiger charge is -2.39. The van der Waals surface area contributed by atoms with Crippen molar-refractivity contribution in [2.24, 2.45) is 28.1 Å². The molecule has 0 spiro atoms. The van der Waals surface area contributed by atoms with Gasteiger partial charge in [0.2, 0.25) is 40.1 Å². The number of hydrogen-bond acceptors (Lipinski definition) is 7. The van der Waals surface area contributed by atoms with Crippen LogP contribution in [0.2, 0.25) is 0 Å². The summed E-state index contributed by atoms with van der Waals surface area (Å²) in [6.07, 6.45) is -1.06. The summed E-state index contributed by atoms with van der Waals surface area (Å²) < 4.78 is 52.6. The van der Waals surface area contributed by atoms with Crippen molar-refractivity contribution in [1.82, 2.24) is 35.4 Å². The van der Waals surface area contributed by atoms with Crippen LogP contribution in [0.25, 0.3) is 0 Å². The second-order valence-corrected chi connectivity index (χ2v) is 19.2. The lowest BCUT2D eigenvalue weighted by Crippen LogP contribution is -2.62. The molecule has 6 amide bonds. The van der Waals surface area contributed by atoms with E-state index in [1.807, 2.05) is 34.6 Å². The largest absolute Gasteiger partial charge is 0.354 e. The van der Waals surface area contributed by atoms with E-state index >= 15 is 0 Å². The number of likely N-dealkylation sites (N-methyl/N-ethyl adjacent to an activating group) is 1. The number of hydrogen-bond donors (Lipinski definition) is 4. The molecule has 14 nitrogen and oxygen atoms in total. The zero-order chi connectivity index (χ0) is 38.9. The number of piperidine rings is 1. The van der Waals surface area contributed by atoms with E-state index in [2.05, 4.69) is 21.3 Å². The number of likely N-dealkylation sites (tertiary alicyclic amines) is 2. The highest BCUT2D eigenvalue weighted by Crippen LogP contribution is 2.65. The second-order valence-electron chi connectivity index (χ2n) is 17.1. The number of sulfonamides is 1. The quantitative estimate of drug-likeness (QED) is 0.185. The molecular weight excluding hydrogens is 688 g/mol. The lowest BCUT2D eigenvalue weighted by molar-refractivity contribution is -0.144. The van der Waals surface area contributed by atoms with Gasteiger partial charge in [-0.25, -0.2) is 26.3 Å². The molecule has 0 aromatic heterocycles. The zero-order valence-corrected chi connectivity index (χ0v) is 32.6. The molecule has 2 heterocycles. The van der Waals surface area contributed by atoms with Crippen LogP contribution in [0.15, 0.2) is 0 Å². The average molecular weight is 748 g/mol. The third kappa shape index (κ3) is 10.7. The summed E-state index contributed by atoms with van der Waals surface area (Å²) in [7, 11) is -2.13. The van der Waals surface area contributed by atoms with Crippen molar-refractivity contribution in [2.45, 2.75) is 112 Å². The molecule has 4 N–H and O–H groups in total. The number of urea groups is 1. The normalized spacial score (nSPS) is 23.5. The van der Waals surface area contributed by atoms with Crippen molar-refractivity contribution in [1.29, 1.82) is 0 Å². The predicted octanol–water partition coefficient (Wildman–Crippen LogP) is 1.76. The van der Waals surface area contributed by atoms with Crippen LogP contribution in [0.4, 0.5) is 13.6 Å². The molecule has 1 saturated carbocycles. The van der Waals surface area contributed by atoms with Gasteiger partial charge in [-0.05, 0) is 40.9 Å². The van der Waals surface area contributed by atoms with Gasteiger partial charge in [0.1, 0.15) is 18.1 Å². The molecule has 0 radical (unpaired) electrons. The molecule has 0 aromatic carbocycles. The first-order valence-electron chi connectivity index (χ1n) is 17.7. The molecule has 1 aliphatic carbocycles. The van der Waals surface area contributed by atoms with Gasteiger partial charge in [-0.15, -0.1) is 0 Å². The Kier molecular flexibility index (Phi) is 13.2. The number of carbonyl (C=O) groups is 5. The fraction of sp³-hybridized carbons (Fsp3) is 0.853. The minimum absolute atomic E-state index is 0.0117. The van der Waals surface area contributed by atoms with Crippen molar-refractivity contribution in [2.75, 3.05) is 46.0 Å². The Morgan fingerprint density at radius 2 is 1.65 bits per heavy atom. The summed E-state index contributed by atoms with van der Waals surface area (Å²) in [5, 5.41) is 10.7. The van der Waals surface area contributed by atoms with Gasteiger partial charge in [0, 0.05) is 58.7 Å². The fourth-order valence-electron chi connectivity index (χ4n) is 7.10. The van der Waals surface area contributed by atoms with Gasteiger partial charge >= 0.3 is 6.03 Å². The Hall–Kier alpha value is -3.08. The van der Waals surface area contributed by atoms with Crippen LogP contribution in [0.1, 0.15) is 81.1 Å². The highest BCUT2D eigenvalue weighted by molar-refractivity contribution is 7.88. The molecule has 2 saturated heterocycles. The summed E-state index contributed by atoms with van der Waals surface area (Å²) in [5.41, 5.74) is -1.72. The standard InChI is InChI=1S/C34H59F2N7O7S/c1-32(2,3)22(19-41(9)51(10,49)50)39-31(48)40-27(33(4,5)6)30(47)43-18-20-25(34(20,7)8)26(43)29(46)38-21(17-23(35)36)28(45)37-14-12-16-42-15-11-13-24(42)44/h20-23,25-27H,11-19H2,1-10H3,(H,37,45)(H,38,46)(H2,39,40,48)/t20-,21-,22+,25-,26-,27+/m0/s1. The molecule has 292 valence electrons. The van der Waals surface area contributed by atoms with E-state index in [4.69, 9.17) is 0 Å². The molecule has 3 aliphatic rings. The molecule has 0 unspecified atom stereocenters. The zero-order valence-electron chi connectivity index (χ0n) is 31.8. The smallest absolute Gasteiger partial charge is 0.315 e. The fourth-order valence-corrected chi connectivity index (χ4v) is 7.52. The summed E-state index contributed by atoms with van der Waals surface area (Å²) in [5.74, 6) is -2.34. The Morgan fingerprint density at radius 1 is 1.02 bits per heavy atom. The SMILES string of the molecule is CN(C[C@@H](NC(=O)N[C@H](C(=O)N1C[C@H]2[C@@H]([C@H]1C(=O)N[C@@H](CC(F)F)C(=O)NCCCN1CCCC1=O)C2(C)C)C(C)(C)C)C(C)(C)C)S(C)(=O)=O. The number of alkyl halides is 2. The average Bonchev–Trinajstić information content (AvgIpc) is 3.31. The van der Waals surface area contributed by atoms with Crippen molar-refractivity contribution in [3.63, 3.8) is 0 Å². The second kappa shape index (κ2) is 15.9. The molecular formula is C34H59F2N7O7S. The van der Waals surface area contributed by atoms with Crippen LogP contribution in [0, 0.1) is 28.1 Å². The summed E-state index contributed by atoms with van der Waals surface area (Å²) in [6, 6.07) is -5.06. The third-order valence-corrected chi connectivity index (χ3v) is 11.9. The summed E-state index contributed by atoms with van der Waals surface area (Å²) >= 11 is 0. The maximum atomic E-state index is 14.3. The van der Waals surface area contributed by atoms with Crippen LogP contribution in [0.5, 0.6) is 0 Å². The van der Waals surface area contributed by atoms with Gasteiger partial charge < -0.3 is 31.1 Å². The monoisotopic (exact) mass is 747 g/mol. The number of carbonyl (C=O) groups excluding carboxylic acids is 5. The lowest BCUT2D eigenvalue weighted by atomic mass is 9.85. The molecule has 17 heteroatoms. The summed E-state index contributed by atoms with van der Waals surface area (Å²) in [6.45, 7) is 16.1. The van der Waals surface area contributed by atoms with Crippen LogP contribution >= 0.6 is 0 Å². The maximum absolute atomic E-state index is 14.3. The molecule has 3 fully saturated rings. The van der Waals surface area contributed by atoms with Crippen LogP contribution in [-0.2, 0) is 29.2 Å². The molecule has 0 aromatic rings. The van der Waals surface area contributed by atoms with Crippen molar-refractivity contribution < 1.29 is 41.2 Å². The molecule has 0 bridgehead atoms. The van der Waals surface area contributed by atoms with Crippen LogP contribution in [-0.4, -0.2) is 129 Å². The minimum Gasteiger partial charge on any atom is -0.354 e. The van der Waals surface area contributed by atoms with Gasteiger partial charge in [-0.1, -0.05) is 55.4 Å². The minimum atomic E-state index is -3.54. The van der Waals surface area contributed by atoms with Crippen molar-refractivity contribution in [3.05, 3.63) is 0 Å². The number of amides is 6. The predicted molar refractivity (Wildman–Crippen MR) is 188 cm³/mol. The first-order chi connectivity index (χ1) is 23.3. The van der Waals surface area contributed by atoms with E-state index in [1.54, 1.807) is 25.7 Å². The number of rotatable bonds is 15. The summed E-state index contributed by atoms with van der Waals surface area (Å²) in [4.78, 5) is 69.7. The first-order valence-corrected chi connectivity index (χ1v) is 19.5. The van der Waals surface area contributed by atoms with Crippen molar-refractivity contribution >= 4 is 39.7 Å². The van der Waals surface area contributed by atoms with E-state index in [0.29, 0.717) is 25.9 Å². The Bertz CT molecular complexity index is 1430. The van der Waals surface area contributed by atoms with Gasteiger partial charge in [0.15, 0.2) is 0 Å². The van der Waals surface area contributed by atoms with E-state index in [9.17, 15) is 41.2 Å². The number of nitrogens with zero attached hydrogens (tertiary/aromatic N) is 3. The number of halogens is 2. The Morgan fingerprint density at radius 3 is 2.16 bits per heavy atom. The number of nitrogens with one attached hydrogen (secondary N) is 4. The van der Waals surface area contributed by atoms with Gasteiger partial charge in [-0.2, -0.15) is 0 Å². The third-order valence-electron chi connectivity index (χ3n) is 10.6. The molecule has 6 atom stereocenters. The molecule has 51 heavy (non-hydrogen) atoms. The van der Waals surface area contributed by atoms with Gasteiger partial charge in [0.25, 0.3) is 0 Å².